The highest BCUT2D eigenvalue weighted by molar-refractivity contribution is 5.34. The minimum absolute atomic E-state index is 0.237. The van der Waals surface area contributed by atoms with E-state index in [2.05, 4.69) is 0 Å². The number of hydrogen-bond acceptors (Lipinski definition) is 1. The fourth-order valence-electron chi connectivity index (χ4n) is 1.80. The van der Waals surface area contributed by atoms with Gasteiger partial charge in [0, 0.05) is 0 Å². The third kappa shape index (κ3) is 2.95. The van der Waals surface area contributed by atoms with Gasteiger partial charge in [-0.05, 0) is 11.6 Å². The monoisotopic (exact) mass is 270 g/mol. The van der Waals surface area contributed by atoms with Crippen LogP contribution in [0.5, 0.6) is 0 Å². The molecule has 0 N–H and O–H groups in total. The maximum absolute atomic E-state index is 12.6. The van der Waals surface area contributed by atoms with E-state index in [0.717, 1.165) is 12.1 Å². The van der Waals surface area contributed by atoms with Crippen LogP contribution in [0.1, 0.15) is 23.7 Å². The average molecular weight is 270 g/mol. The molecule has 1 saturated heterocycles. The number of hydrogen-bond donors (Lipinski definition) is 0. The quantitative estimate of drug-likeness (QED) is 0.582. The Hall–Kier alpha value is -1.24. The molecule has 0 aromatic heterocycles. The Labute approximate surface area is 98.4 Å². The van der Waals surface area contributed by atoms with Gasteiger partial charge >= 0.3 is 12.4 Å². The Morgan fingerprint density at radius 3 is 2.17 bits per heavy atom. The molecule has 0 aliphatic carbocycles. The predicted molar refractivity (Wildman–Crippen MR) is 49.7 cm³/mol. The fourth-order valence-corrected chi connectivity index (χ4v) is 1.80. The van der Waals surface area contributed by atoms with E-state index in [1.54, 1.807) is 0 Å². The molecule has 7 heteroatoms. The van der Waals surface area contributed by atoms with Crippen molar-refractivity contribution in [2.45, 2.75) is 31.0 Å². The molecule has 1 aromatic carbocycles. The van der Waals surface area contributed by atoms with Crippen molar-refractivity contribution in [2.75, 3.05) is 0 Å². The average Bonchev–Trinajstić information content (AvgIpc) is 2.93. The van der Waals surface area contributed by atoms with Gasteiger partial charge in [-0.1, -0.05) is 18.2 Å². The maximum atomic E-state index is 12.6. The van der Waals surface area contributed by atoms with Crippen molar-refractivity contribution in [1.82, 2.24) is 0 Å². The predicted octanol–water partition coefficient (Wildman–Crippen LogP) is 4.10. The molecule has 18 heavy (non-hydrogen) atoms. The van der Waals surface area contributed by atoms with Crippen molar-refractivity contribution in [1.29, 1.82) is 0 Å². The van der Waals surface area contributed by atoms with Crippen LogP contribution in [0.25, 0.3) is 0 Å². The highest BCUT2D eigenvalue weighted by atomic mass is 19.4. The lowest BCUT2D eigenvalue weighted by Crippen LogP contribution is -2.13. The molecule has 1 aromatic rings. The maximum Gasteiger partial charge on any atom is 0.416 e. The summed E-state index contributed by atoms with van der Waals surface area (Å²) in [5.41, 5.74) is -1.18. The molecule has 0 radical (unpaired) electrons. The number of benzene rings is 1. The van der Waals surface area contributed by atoms with Crippen LogP contribution in [-0.2, 0) is 10.9 Å². The SMILES string of the molecule is FC(F)(F)C[C@H]1O[C@@H]1c1ccccc1C(F)(F)F. The zero-order valence-electron chi connectivity index (χ0n) is 8.85. The van der Waals surface area contributed by atoms with Gasteiger partial charge in [-0.15, -0.1) is 0 Å². The molecule has 0 bridgehead atoms. The van der Waals surface area contributed by atoms with E-state index in [4.69, 9.17) is 4.74 Å². The number of alkyl halides is 6. The van der Waals surface area contributed by atoms with Crippen LogP contribution >= 0.6 is 0 Å². The standard InChI is InChI=1S/C11H8F6O/c12-10(13,14)5-8-9(18-8)6-3-1-2-4-7(6)11(15,16)17/h1-4,8-9H,5H2/t8-,9-/m1/s1. The van der Waals surface area contributed by atoms with E-state index in [1.807, 2.05) is 0 Å². The lowest BCUT2D eigenvalue weighted by molar-refractivity contribution is -0.138. The van der Waals surface area contributed by atoms with E-state index >= 15 is 0 Å². The van der Waals surface area contributed by atoms with Crippen LogP contribution in [-0.4, -0.2) is 12.3 Å². The lowest BCUT2D eigenvalue weighted by Gasteiger charge is -2.11. The Balaban J connectivity index is 2.17. The molecule has 0 unspecified atom stereocenters. The summed E-state index contributed by atoms with van der Waals surface area (Å²) < 4.78 is 78.8. The number of halogens is 6. The van der Waals surface area contributed by atoms with Gasteiger partial charge in [0.25, 0.3) is 0 Å². The lowest BCUT2D eigenvalue weighted by atomic mass is 10.0. The van der Waals surface area contributed by atoms with Crippen molar-refractivity contribution in [3.8, 4) is 0 Å². The summed E-state index contributed by atoms with van der Waals surface area (Å²) in [6.07, 6.45) is -12.6. The van der Waals surface area contributed by atoms with Crippen LogP contribution in [0, 0.1) is 0 Å². The second kappa shape index (κ2) is 4.15. The van der Waals surface area contributed by atoms with Crippen LogP contribution < -0.4 is 0 Å². The van der Waals surface area contributed by atoms with Gasteiger partial charge in [0.15, 0.2) is 0 Å². The van der Waals surface area contributed by atoms with E-state index in [0.29, 0.717) is 0 Å². The Kier molecular flexibility index (Phi) is 3.04. The summed E-state index contributed by atoms with van der Waals surface area (Å²) in [6.45, 7) is 0. The van der Waals surface area contributed by atoms with Gasteiger partial charge in [-0.2, -0.15) is 26.3 Å². The minimum Gasteiger partial charge on any atom is -0.364 e. The van der Waals surface area contributed by atoms with Gasteiger partial charge in [0.05, 0.1) is 18.1 Å². The second-order valence-corrected chi connectivity index (χ2v) is 4.00. The van der Waals surface area contributed by atoms with Crippen molar-refractivity contribution >= 4 is 0 Å². The van der Waals surface area contributed by atoms with Crippen molar-refractivity contribution in [3.63, 3.8) is 0 Å². The summed E-state index contributed by atoms with van der Waals surface area (Å²) >= 11 is 0. The largest absolute Gasteiger partial charge is 0.416 e. The normalized spacial score (nSPS) is 24.1. The highest BCUT2D eigenvalue weighted by Crippen LogP contribution is 2.48. The Morgan fingerprint density at radius 2 is 1.61 bits per heavy atom. The summed E-state index contributed by atoms with van der Waals surface area (Å²) in [5, 5.41) is 0. The topological polar surface area (TPSA) is 12.5 Å². The first-order valence-corrected chi connectivity index (χ1v) is 5.07. The molecule has 0 saturated carbocycles. The Bertz CT molecular complexity index is 436. The number of rotatable bonds is 2. The molecular formula is C11H8F6O. The molecule has 0 amide bonds. The van der Waals surface area contributed by atoms with Crippen LogP contribution in [0.4, 0.5) is 26.3 Å². The molecule has 0 spiro atoms. The first kappa shape index (κ1) is 13.2. The number of ether oxygens (including phenoxy) is 1. The fraction of sp³-hybridized carbons (Fsp3) is 0.455. The molecule has 100 valence electrons. The molecule has 1 aliphatic rings. The van der Waals surface area contributed by atoms with Gasteiger partial charge < -0.3 is 4.74 Å². The first-order valence-electron chi connectivity index (χ1n) is 5.07. The van der Waals surface area contributed by atoms with Crippen LogP contribution in [0.3, 0.4) is 0 Å². The van der Waals surface area contributed by atoms with Gasteiger partial charge in [-0.3, -0.25) is 0 Å². The second-order valence-electron chi connectivity index (χ2n) is 4.00. The number of epoxide rings is 1. The summed E-state index contributed by atoms with van der Waals surface area (Å²) in [4.78, 5) is 0. The third-order valence-electron chi connectivity index (χ3n) is 2.59. The molecule has 1 heterocycles. The van der Waals surface area contributed by atoms with Crippen molar-refractivity contribution in [2.24, 2.45) is 0 Å². The van der Waals surface area contributed by atoms with Crippen molar-refractivity contribution in [3.05, 3.63) is 35.4 Å². The zero-order chi connectivity index (χ0) is 13.6. The summed E-state index contributed by atoms with van der Waals surface area (Å²) in [5.74, 6) is 0. The zero-order valence-corrected chi connectivity index (χ0v) is 8.85. The third-order valence-corrected chi connectivity index (χ3v) is 2.59. The van der Waals surface area contributed by atoms with E-state index in [9.17, 15) is 26.3 Å². The smallest absolute Gasteiger partial charge is 0.364 e. The van der Waals surface area contributed by atoms with Gasteiger partial charge in [0.2, 0.25) is 0 Å². The van der Waals surface area contributed by atoms with Crippen molar-refractivity contribution < 1.29 is 31.1 Å². The van der Waals surface area contributed by atoms with E-state index in [1.165, 1.54) is 12.1 Å². The van der Waals surface area contributed by atoms with Crippen LogP contribution in [0.15, 0.2) is 24.3 Å². The van der Waals surface area contributed by atoms with Crippen LogP contribution in [0.2, 0.25) is 0 Å². The molecule has 1 fully saturated rings. The van der Waals surface area contributed by atoms with Gasteiger partial charge in [0.1, 0.15) is 6.10 Å². The molecule has 1 aliphatic heterocycles. The summed E-state index contributed by atoms with van der Waals surface area (Å²) in [7, 11) is 0. The molecule has 2 atom stereocenters. The first-order chi connectivity index (χ1) is 8.18. The molecule has 1 nitrogen and oxygen atoms in total. The van der Waals surface area contributed by atoms with E-state index < -0.39 is 36.5 Å². The highest BCUT2D eigenvalue weighted by Gasteiger charge is 2.50. The molecular weight excluding hydrogens is 262 g/mol. The minimum atomic E-state index is -4.59. The van der Waals surface area contributed by atoms with Gasteiger partial charge in [-0.25, -0.2) is 0 Å². The molecule has 2 rings (SSSR count). The van der Waals surface area contributed by atoms with E-state index in [-0.39, 0.29) is 5.56 Å². The Morgan fingerprint density at radius 1 is 1.00 bits per heavy atom. The summed E-state index contributed by atoms with van der Waals surface area (Å²) in [6, 6.07) is 4.51.